The summed E-state index contributed by atoms with van der Waals surface area (Å²) in [7, 11) is 0. The molecule has 1 heterocycles. The fourth-order valence-electron chi connectivity index (χ4n) is 2.65. The molecule has 0 saturated carbocycles. The van der Waals surface area contributed by atoms with E-state index in [1.54, 1.807) is 0 Å². The van der Waals surface area contributed by atoms with Crippen LogP contribution in [-0.2, 0) is 19.1 Å². The average Bonchev–Trinajstić information content (AvgIpc) is 3.03. The van der Waals surface area contributed by atoms with Crippen molar-refractivity contribution in [2.24, 2.45) is 0 Å². The first kappa shape index (κ1) is 18.1. The number of nitrogens with zero attached hydrogens (tertiary/aromatic N) is 4. The number of aromatic nitrogens is 4. The van der Waals surface area contributed by atoms with Crippen LogP contribution in [0.1, 0.15) is 22.3 Å². The number of hydrogen-bond donors (Lipinski definition) is 1. The summed E-state index contributed by atoms with van der Waals surface area (Å²) in [6, 6.07) is 10.9. The normalized spacial score (nSPS) is 11.7. The zero-order chi connectivity index (χ0) is 18.7. The van der Waals surface area contributed by atoms with Crippen LogP contribution in [0.25, 0.3) is 11.4 Å². The highest BCUT2D eigenvalue weighted by molar-refractivity contribution is 5.61. The number of alkyl halides is 3. The van der Waals surface area contributed by atoms with E-state index in [9.17, 15) is 13.2 Å². The Kier molecular flexibility index (Phi) is 5.03. The lowest BCUT2D eigenvalue weighted by Gasteiger charge is -2.10. The fraction of sp³-hybridized carbons (Fsp3) is 0.278. The van der Waals surface area contributed by atoms with E-state index < -0.39 is 11.7 Å². The highest BCUT2D eigenvalue weighted by Crippen LogP contribution is 2.30. The molecule has 1 aromatic heterocycles. The molecule has 0 unspecified atom stereocenters. The number of hydrogen-bond acceptors (Lipinski definition) is 4. The molecule has 0 aliphatic rings. The summed E-state index contributed by atoms with van der Waals surface area (Å²) < 4.78 is 38.1. The number of rotatable bonds is 5. The van der Waals surface area contributed by atoms with Crippen molar-refractivity contribution < 1.29 is 18.3 Å². The largest absolute Gasteiger partial charge is 0.416 e. The summed E-state index contributed by atoms with van der Waals surface area (Å²) in [6.45, 7) is 2.09. The molecular formula is C18H17F3N4O. The third-order valence-electron chi connectivity index (χ3n) is 3.93. The number of aliphatic hydroxyl groups excluding tert-OH is 1. The fourth-order valence-corrected chi connectivity index (χ4v) is 2.65. The van der Waals surface area contributed by atoms with Gasteiger partial charge in [-0.2, -0.15) is 18.0 Å². The van der Waals surface area contributed by atoms with Gasteiger partial charge in [-0.3, -0.25) is 0 Å². The summed E-state index contributed by atoms with van der Waals surface area (Å²) >= 11 is 0. The lowest BCUT2D eigenvalue weighted by molar-refractivity contribution is -0.137. The summed E-state index contributed by atoms with van der Waals surface area (Å²) in [4.78, 5) is 1.30. The molecule has 0 spiro atoms. The number of benzene rings is 2. The zero-order valence-corrected chi connectivity index (χ0v) is 14.0. The molecule has 5 nitrogen and oxygen atoms in total. The number of halogens is 3. The first-order valence-corrected chi connectivity index (χ1v) is 8.01. The maximum atomic E-state index is 12.7. The number of aliphatic hydroxyl groups is 1. The minimum atomic E-state index is -4.35. The molecule has 26 heavy (non-hydrogen) atoms. The number of aryl methyl sites for hydroxylation is 1. The second-order valence-electron chi connectivity index (χ2n) is 5.96. The van der Waals surface area contributed by atoms with Gasteiger partial charge in [0.25, 0.3) is 0 Å². The van der Waals surface area contributed by atoms with Crippen LogP contribution in [0, 0.1) is 6.92 Å². The summed E-state index contributed by atoms with van der Waals surface area (Å²) in [6.07, 6.45) is -3.90. The molecule has 0 radical (unpaired) electrons. The van der Waals surface area contributed by atoms with Gasteiger partial charge in [0.2, 0.25) is 5.82 Å². The van der Waals surface area contributed by atoms with Gasteiger partial charge in [0.05, 0.1) is 18.7 Å². The summed E-state index contributed by atoms with van der Waals surface area (Å²) in [5.74, 6) is 0.417. The Labute approximate surface area is 148 Å². The van der Waals surface area contributed by atoms with Gasteiger partial charge in [-0.15, -0.1) is 10.2 Å². The van der Waals surface area contributed by atoms with E-state index in [0.29, 0.717) is 12.2 Å². The summed E-state index contributed by atoms with van der Waals surface area (Å²) in [5.41, 5.74) is 2.78. The number of tetrazole rings is 1. The lowest BCUT2D eigenvalue weighted by atomic mass is 9.97. The predicted molar refractivity (Wildman–Crippen MR) is 89.3 cm³/mol. The maximum absolute atomic E-state index is 12.7. The van der Waals surface area contributed by atoms with Gasteiger partial charge in [-0.25, -0.2) is 0 Å². The summed E-state index contributed by atoms with van der Waals surface area (Å²) in [5, 5.41) is 21.1. The molecule has 2 aromatic carbocycles. The van der Waals surface area contributed by atoms with Crippen molar-refractivity contribution in [3.63, 3.8) is 0 Å². The standard InChI is InChI=1S/C18H17F3N4O/c1-12-2-7-16(17-22-24-25(23-17)8-9-26)14(10-12)11-13-3-5-15(6-4-13)18(19,20)21/h2-7,10,26H,8-9,11H2,1H3. The Bertz CT molecular complexity index is 888. The van der Waals surface area contributed by atoms with Gasteiger partial charge in [0, 0.05) is 5.56 Å². The van der Waals surface area contributed by atoms with Crippen molar-refractivity contribution in [1.29, 1.82) is 0 Å². The SMILES string of the molecule is Cc1ccc(-c2nnn(CCO)n2)c(Cc2ccc(C(F)(F)F)cc2)c1. The molecule has 136 valence electrons. The van der Waals surface area contributed by atoms with Crippen LogP contribution in [0.4, 0.5) is 13.2 Å². The van der Waals surface area contributed by atoms with Gasteiger partial charge in [0.1, 0.15) is 0 Å². The van der Waals surface area contributed by atoms with Crippen LogP contribution in [0.15, 0.2) is 42.5 Å². The molecule has 3 rings (SSSR count). The molecule has 0 atom stereocenters. The minimum absolute atomic E-state index is 0.0951. The molecule has 1 N–H and O–H groups in total. The van der Waals surface area contributed by atoms with Crippen LogP contribution >= 0.6 is 0 Å². The molecular weight excluding hydrogens is 345 g/mol. The van der Waals surface area contributed by atoms with Crippen molar-refractivity contribution in [1.82, 2.24) is 20.2 Å². The maximum Gasteiger partial charge on any atom is 0.416 e. The second-order valence-corrected chi connectivity index (χ2v) is 5.96. The van der Waals surface area contributed by atoms with E-state index in [0.717, 1.165) is 34.4 Å². The highest BCUT2D eigenvalue weighted by Gasteiger charge is 2.29. The van der Waals surface area contributed by atoms with Gasteiger partial charge in [0.15, 0.2) is 0 Å². The Hall–Kier alpha value is -2.74. The molecule has 3 aromatic rings. The Morgan fingerprint density at radius 2 is 1.81 bits per heavy atom. The molecule has 0 aliphatic carbocycles. The molecule has 0 amide bonds. The smallest absolute Gasteiger partial charge is 0.394 e. The van der Waals surface area contributed by atoms with Crippen molar-refractivity contribution in [2.45, 2.75) is 26.1 Å². The van der Waals surface area contributed by atoms with E-state index in [4.69, 9.17) is 5.11 Å². The Balaban J connectivity index is 1.90. The highest BCUT2D eigenvalue weighted by atomic mass is 19.4. The van der Waals surface area contributed by atoms with E-state index in [2.05, 4.69) is 15.4 Å². The minimum Gasteiger partial charge on any atom is -0.394 e. The molecule has 0 bridgehead atoms. The second kappa shape index (κ2) is 7.25. The van der Waals surface area contributed by atoms with E-state index in [1.807, 2.05) is 25.1 Å². The van der Waals surface area contributed by atoms with Gasteiger partial charge in [-0.1, -0.05) is 35.9 Å². The lowest BCUT2D eigenvalue weighted by Crippen LogP contribution is -2.06. The third-order valence-corrected chi connectivity index (χ3v) is 3.93. The Morgan fingerprint density at radius 1 is 1.08 bits per heavy atom. The van der Waals surface area contributed by atoms with E-state index in [1.165, 1.54) is 16.9 Å². The topological polar surface area (TPSA) is 63.8 Å². The third kappa shape index (κ3) is 4.08. The van der Waals surface area contributed by atoms with Gasteiger partial charge >= 0.3 is 6.18 Å². The quantitative estimate of drug-likeness (QED) is 0.757. The predicted octanol–water partition coefficient (Wildman–Crippen LogP) is 3.25. The van der Waals surface area contributed by atoms with Crippen molar-refractivity contribution in [2.75, 3.05) is 6.61 Å². The first-order valence-electron chi connectivity index (χ1n) is 8.01. The first-order chi connectivity index (χ1) is 12.4. The van der Waals surface area contributed by atoms with E-state index in [-0.39, 0.29) is 13.2 Å². The zero-order valence-electron chi connectivity index (χ0n) is 14.0. The van der Waals surface area contributed by atoms with Crippen LogP contribution in [0.2, 0.25) is 0 Å². The van der Waals surface area contributed by atoms with Crippen molar-refractivity contribution in [3.05, 3.63) is 64.7 Å². The van der Waals surface area contributed by atoms with Crippen LogP contribution in [-0.4, -0.2) is 31.9 Å². The Morgan fingerprint density at radius 3 is 2.46 bits per heavy atom. The van der Waals surface area contributed by atoms with E-state index >= 15 is 0 Å². The monoisotopic (exact) mass is 362 g/mol. The average molecular weight is 362 g/mol. The molecule has 0 fully saturated rings. The van der Waals surface area contributed by atoms with Crippen LogP contribution in [0.3, 0.4) is 0 Å². The van der Waals surface area contributed by atoms with Gasteiger partial charge in [-0.05, 0) is 41.8 Å². The van der Waals surface area contributed by atoms with Crippen molar-refractivity contribution in [3.8, 4) is 11.4 Å². The molecule has 0 aliphatic heterocycles. The van der Waals surface area contributed by atoms with Crippen LogP contribution in [0.5, 0.6) is 0 Å². The molecule has 8 heteroatoms. The van der Waals surface area contributed by atoms with Gasteiger partial charge < -0.3 is 5.11 Å². The van der Waals surface area contributed by atoms with Crippen LogP contribution < -0.4 is 0 Å². The van der Waals surface area contributed by atoms with Crippen molar-refractivity contribution >= 4 is 0 Å². The molecule has 0 saturated heterocycles.